The largest absolute Gasteiger partial charge is 0.484 e. The first-order valence-electron chi connectivity index (χ1n) is 8.62. The van der Waals surface area contributed by atoms with Gasteiger partial charge in [-0.2, -0.15) is 0 Å². The Morgan fingerprint density at radius 2 is 2.10 bits per heavy atom. The number of pyridine rings is 1. The number of aromatic nitrogens is 4. The summed E-state index contributed by atoms with van der Waals surface area (Å²) in [4.78, 5) is 16.2. The summed E-state index contributed by atoms with van der Waals surface area (Å²) < 4.78 is 7.54. The molecule has 1 aromatic carbocycles. The first kappa shape index (κ1) is 22.4. The minimum absolute atomic E-state index is 0.113. The van der Waals surface area contributed by atoms with E-state index in [-0.39, 0.29) is 23.4 Å². The minimum Gasteiger partial charge on any atom is -0.484 e. The molecular weight excluding hydrogens is 469 g/mol. The van der Waals surface area contributed by atoms with Crippen LogP contribution in [0.1, 0.15) is 5.82 Å². The number of amides is 1. The van der Waals surface area contributed by atoms with Gasteiger partial charge >= 0.3 is 0 Å². The van der Waals surface area contributed by atoms with E-state index in [9.17, 15) is 4.79 Å². The van der Waals surface area contributed by atoms with Gasteiger partial charge in [0, 0.05) is 23.8 Å². The van der Waals surface area contributed by atoms with Crippen molar-refractivity contribution in [3.8, 4) is 5.75 Å². The summed E-state index contributed by atoms with van der Waals surface area (Å²) in [6, 6.07) is 8.32. The van der Waals surface area contributed by atoms with Crippen molar-refractivity contribution in [2.45, 2.75) is 18.3 Å². The highest BCUT2D eigenvalue weighted by atomic mass is 35.5. The number of hydrogen-bond donors (Lipinski definition) is 1. The number of carbonyl (C=O) groups excluding carboxylic acids is 1. The van der Waals surface area contributed by atoms with Crippen LogP contribution in [0, 0.1) is 0 Å². The Labute approximate surface area is 192 Å². The molecule has 0 saturated heterocycles. The second-order valence-corrected chi connectivity index (χ2v) is 7.98. The van der Waals surface area contributed by atoms with Gasteiger partial charge in [0.1, 0.15) is 12.4 Å². The van der Waals surface area contributed by atoms with Crippen LogP contribution >= 0.6 is 46.6 Å². The summed E-state index contributed by atoms with van der Waals surface area (Å²) in [5, 5.41) is 12.8. The lowest BCUT2D eigenvalue weighted by molar-refractivity contribution is -0.113. The Hall–Kier alpha value is -2.26. The Balaban J connectivity index is 1.65. The number of nitrogens with zero attached hydrogens (tertiary/aromatic N) is 4. The molecule has 11 heteroatoms. The van der Waals surface area contributed by atoms with Crippen LogP contribution in [0.4, 0.5) is 5.69 Å². The van der Waals surface area contributed by atoms with Gasteiger partial charge in [0.15, 0.2) is 16.1 Å². The number of carbonyl (C=O) groups is 1. The lowest BCUT2D eigenvalue weighted by atomic mass is 10.3. The standard InChI is InChI=1S/C19H16Cl3N5O2S/c1-2-8-27-16(10-29-15-9-12(20)5-6-13(15)21)25-26-19(27)30-11-17(28)24-14-4-3-7-23-18(14)22/h2-7,9H,1,8,10-11H2,(H,24,28). The number of allylic oxidation sites excluding steroid dienone is 1. The Morgan fingerprint density at radius 1 is 1.27 bits per heavy atom. The number of benzene rings is 1. The van der Waals surface area contributed by atoms with Gasteiger partial charge in [0.05, 0.1) is 16.5 Å². The summed E-state index contributed by atoms with van der Waals surface area (Å²) in [5.74, 6) is 0.872. The maximum absolute atomic E-state index is 12.2. The lowest BCUT2D eigenvalue weighted by Crippen LogP contribution is -2.15. The number of rotatable bonds is 9. The molecule has 30 heavy (non-hydrogen) atoms. The van der Waals surface area contributed by atoms with E-state index >= 15 is 0 Å². The lowest BCUT2D eigenvalue weighted by Gasteiger charge is -2.10. The van der Waals surface area contributed by atoms with E-state index in [2.05, 4.69) is 27.1 Å². The molecule has 0 saturated carbocycles. The molecule has 0 spiro atoms. The fourth-order valence-corrected chi connectivity index (χ4v) is 3.64. The zero-order valence-electron chi connectivity index (χ0n) is 15.5. The number of nitrogens with one attached hydrogen (secondary N) is 1. The third-order valence-corrected chi connectivity index (χ3v) is 5.54. The van der Waals surface area contributed by atoms with Gasteiger partial charge in [0.25, 0.3) is 0 Å². The maximum Gasteiger partial charge on any atom is 0.234 e. The van der Waals surface area contributed by atoms with Crippen LogP contribution in [-0.4, -0.2) is 31.4 Å². The highest BCUT2D eigenvalue weighted by molar-refractivity contribution is 7.99. The van der Waals surface area contributed by atoms with Gasteiger partial charge in [-0.05, 0) is 24.3 Å². The van der Waals surface area contributed by atoms with Gasteiger partial charge in [-0.3, -0.25) is 9.36 Å². The molecule has 0 aliphatic carbocycles. The molecule has 3 aromatic rings. The number of halogens is 3. The van der Waals surface area contributed by atoms with Gasteiger partial charge in [0.2, 0.25) is 5.91 Å². The molecule has 0 fully saturated rings. The Bertz CT molecular complexity index is 1060. The molecule has 0 unspecified atom stereocenters. The van der Waals surface area contributed by atoms with E-state index in [4.69, 9.17) is 39.5 Å². The van der Waals surface area contributed by atoms with E-state index in [0.717, 1.165) is 0 Å². The van der Waals surface area contributed by atoms with Crippen molar-refractivity contribution in [3.63, 3.8) is 0 Å². The fourth-order valence-electron chi connectivity index (χ4n) is 2.37. The van der Waals surface area contributed by atoms with Crippen molar-refractivity contribution in [1.82, 2.24) is 19.7 Å². The average Bonchev–Trinajstić information content (AvgIpc) is 3.11. The molecular formula is C19H16Cl3N5O2S. The molecule has 2 aromatic heterocycles. The molecule has 1 amide bonds. The van der Waals surface area contributed by atoms with Gasteiger partial charge < -0.3 is 10.1 Å². The van der Waals surface area contributed by atoms with Crippen molar-refractivity contribution in [3.05, 3.63) is 70.2 Å². The molecule has 2 heterocycles. The van der Waals surface area contributed by atoms with Gasteiger partial charge in [-0.15, -0.1) is 16.8 Å². The normalized spacial score (nSPS) is 10.6. The van der Waals surface area contributed by atoms with Crippen LogP contribution in [0.5, 0.6) is 5.75 Å². The summed E-state index contributed by atoms with van der Waals surface area (Å²) in [5.41, 5.74) is 0.449. The van der Waals surface area contributed by atoms with Gasteiger partial charge in [-0.25, -0.2) is 4.98 Å². The number of anilines is 1. The molecule has 0 aliphatic heterocycles. The summed E-state index contributed by atoms with van der Waals surface area (Å²) in [6.45, 7) is 4.33. The van der Waals surface area contributed by atoms with Crippen LogP contribution in [0.15, 0.2) is 54.3 Å². The van der Waals surface area contributed by atoms with E-state index < -0.39 is 0 Å². The molecule has 0 aliphatic rings. The predicted octanol–water partition coefficient (Wildman–Crippen LogP) is 5.13. The highest BCUT2D eigenvalue weighted by Gasteiger charge is 2.15. The monoisotopic (exact) mass is 483 g/mol. The number of ether oxygens (including phenoxy) is 1. The van der Waals surface area contributed by atoms with Crippen LogP contribution < -0.4 is 10.1 Å². The highest BCUT2D eigenvalue weighted by Crippen LogP contribution is 2.28. The molecule has 3 rings (SSSR count). The minimum atomic E-state index is -0.244. The summed E-state index contributed by atoms with van der Waals surface area (Å²) in [7, 11) is 0. The third kappa shape index (κ3) is 5.89. The molecule has 1 N–H and O–H groups in total. The van der Waals surface area contributed by atoms with E-state index in [1.54, 1.807) is 47.2 Å². The second kappa shape index (κ2) is 10.7. The molecule has 7 nitrogen and oxygen atoms in total. The van der Waals surface area contributed by atoms with Crippen LogP contribution in [0.25, 0.3) is 0 Å². The molecule has 156 valence electrons. The molecule has 0 bridgehead atoms. The Kier molecular flexibility index (Phi) is 7.98. The number of hydrogen-bond acceptors (Lipinski definition) is 6. The zero-order chi connectivity index (χ0) is 21.5. The predicted molar refractivity (Wildman–Crippen MR) is 120 cm³/mol. The summed E-state index contributed by atoms with van der Waals surface area (Å²) >= 11 is 19.3. The molecule has 0 atom stereocenters. The van der Waals surface area contributed by atoms with E-state index in [0.29, 0.717) is 39.0 Å². The van der Waals surface area contributed by atoms with Crippen molar-refractivity contribution < 1.29 is 9.53 Å². The van der Waals surface area contributed by atoms with Gasteiger partial charge in [-0.1, -0.05) is 52.6 Å². The smallest absolute Gasteiger partial charge is 0.234 e. The zero-order valence-corrected chi connectivity index (χ0v) is 18.6. The van der Waals surface area contributed by atoms with Crippen LogP contribution in [0.3, 0.4) is 0 Å². The van der Waals surface area contributed by atoms with Crippen molar-refractivity contribution in [2.24, 2.45) is 0 Å². The third-order valence-electron chi connectivity index (χ3n) is 3.72. The van der Waals surface area contributed by atoms with Crippen molar-refractivity contribution in [2.75, 3.05) is 11.1 Å². The first-order valence-corrected chi connectivity index (χ1v) is 10.7. The SMILES string of the molecule is C=CCn1c(COc2cc(Cl)ccc2Cl)nnc1SCC(=O)Nc1cccnc1Cl. The van der Waals surface area contributed by atoms with Crippen LogP contribution in [0.2, 0.25) is 15.2 Å². The topological polar surface area (TPSA) is 81.9 Å². The van der Waals surface area contributed by atoms with Crippen molar-refractivity contribution >= 4 is 58.2 Å². The van der Waals surface area contributed by atoms with E-state index in [1.165, 1.54) is 11.8 Å². The summed E-state index contributed by atoms with van der Waals surface area (Å²) in [6.07, 6.45) is 3.25. The van der Waals surface area contributed by atoms with Crippen molar-refractivity contribution in [1.29, 1.82) is 0 Å². The fraction of sp³-hybridized carbons (Fsp3) is 0.158. The first-order chi connectivity index (χ1) is 14.5. The quantitative estimate of drug-likeness (QED) is 0.258. The van der Waals surface area contributed by atoms with Crippen LogP contribution in [-0.2, 0) is 17.9 Å². The maximum atomic E-state index is 12.2. The Morgan fingerprint density at radius 3 is 2.87 bits per heavy atom. The number of thioether (sulfide) groups is 1. The van der Waals surface area contributed by atoms with E-state index in [1.807, 2.05) is 0 Å². The average molecular weight is 485 g/mol. The second-order valence-electron chi connectivity index (χ2n) is 5.84. The molecule has 0 radical (unpaired) electrons.